The van der Waals surface area contributed by atoms with Crippen LogP contribution in [0.4, 0.5) is 0 Å². The van der Waals surface area contributed by atoms with Crippen LogP contribution in [0.5, 0.6) is 11.5 Å². The summed E-state index contributed by atoms with van der Waals surface area (Å²) in [6.45, 7) is 2.95. The fourth-order valence-electron chi connectivity index (χ4n) is 3.97. The molecule has 0 unspecified atom stereocenters. The van der Waals surface area contributed by atoms with Crippen molar-refractivity contribution in [1.82, 2.24) is 4.90 Å². The Morgan fingerprint density at radius 1 is 1.03 bits per heavy atom. The van der Waals surface area contributed by atoms with Crippen molar-refractivity contribution in [2.24, 2.45) is 5.41 Å². The zero-order valence-corrected chi connectivity index (χ0v) is 17.6. The van der Waals surface area contributed by atoms with E-state index in [0.717, 1.165) is 12.0 Å². The molecule has 6 nitrogen and oxygen atoms in total. The summed E-state index contributed by atoms with van der Waals surface area (Å²) < 4.78 is 16.4. The zero-order valence-electron chi connectivity index (χ0n) is 17.6. The summed E-state index contributed by atoms with van der Waals surface area (Å²) in [6.07, 6.45) is 1.98. The van der Waals surface area contributed by atoms with Crippen LogP contribution in [-0.2, 0) is 20.7 Å². The molecular weight excluding hydrogens is 382 g/mol. The third-order valence-electron chi connectivity index (χ3n) is 5.44. The number of hydrogen-bond acceptors (Lipinski definition) is 5. The molecule has 0 aliphatic carbocycles. The summed E-state index contributed by atoms with van der Waals surface area (Å²) in [5, 5.41) is 0. The molecule has 0 saturated carbocycles. The maximum absolute atomic E-state index is 12.9. The number of hydrogen-bond donors (Lipinski definition) is 0. The smallest absolute Gasteiger partial charge is 0.314 e. The highest BCUT2D eigenvalue weighted by Gasteiger charge is 2.44. The Morgan fingerprint density at radius 2 is 1.73 bits per heavy atom. The molecule has 0 bridgehead atoms. The van der Waals surface area contributed by atoms with Crippen LogP contribution < -0.4 is 9.47 Å². The Labute approximate surface area is 177 Å². The first-order valence-electron chi connectivity index (χ1n) is 10.3. The van der Waals surface area contributed by atoms with Gasteiger partial charge in [-0.1, -0.05) is 42.5 Å². The van der Waals surface area contributed by atoms with Gasteiger partial charge in [0.05, 0.1) is 19.1 Å². The van der Waals surface area contributed by atoms with Crippen LogP contribution in [0.25, 0.3) is 0 Å². The van der Waals surface area contributed by atoms with Crippen LogP contribution in [-0.4, -0.2) is 50.2 Å². The Kier molecular flexibility index (Phi) is 7.33. The number of para-hydroxylation sites is 2. The Morgan fingerprint density at radius 3 is 2.43 bits per heavy atom. The van der Waals surface area contributed by atoms with Gasteiger partial charge in [0, 0.05) is 13.1 Å². The van der Waals surface area contributed by atoms with Crippen LogP contribution in [0.3, 0.4) is 0 Å². The Hall–Kier alpha value is -3.02. The number of likely N-dealkylation sites (tertiary alicyclic amines) is 1. The van der Waals surface area contributed by atoms with Gasteiger partial charge in [-0.05, 0) is 43.9 Å². The minimum absolute atomic E-state index is 0.107. The molecule has 1 atom stereocenters. The topological polar surface area (TPSA) is 65.1 Å². The molecule has 0 aromatic heterocycles. The molecule has 1 saturated heterocycles. The van der Waals surface area contributed by atoms with E-state index in [1.165, 1.54) is 0 Å². The number of ether oxygens (including phenoxy) is 3. The number of esters is 1. The molecule has 1 aliphatic rings. The number of piperidine rings is 1. The van der Waals surface area contributed by atoms with Gasteiger partial charge < -0.3 is 19.1 Å². The predicted octanol–water partition coefficient (Wildman–Crippen LogP) is 3.49. The summed E-state index contributed by atoms with van der Waals surface area (Å²) in [6, 6.07) is 17.1. The van der Waals surface area contributed by atoms with Gasteiger partial charge in [-0.15, -0.1) is 0 Å². The van der Waals surface area contributed by atoms with E-state index in [9.17, 15) is 9.59 Å². The van der Waals surface area contributed by atoms with Crippen molar-refractivity contribution in [3.63, 3.8) is 0 Å². The third kappa shape index (κ3) is 5.12. The molecule has 2 aromatic carbocycles. The van der Waals surface area contributed by atoms with E-state index >= 15 is 0 Å². The van der Waals surface area contributed by atoms with Gasteiger partial charge in [-0.3, -0.25) is 9.59 Å². The molecule has 1 fully saturated rings. The monoisotopic (exact) mass is 411 g/mol. The van der Waals surface area contributed by atoms with Gasteiger partial charge in [0.15, 0.2) is 18.1 Å². The Bertz CT molecular complexity index is 854. The second kappa shape index (κ2) is 10.1. The maximum atomic E-state index is 12.9. The molecule has 160 valence electrons. The predicted molar refractivity (Wildman–Crippen MR) is 114 cm³/mol. The van der Waals surface area contributed by atoms with E-state index in [4.69, 9.17) is 14.2 Å². The van der Waals surface area contributed by atoms with Gasteiger partial charge in [0.25, 0.3) is 5.91 Å². The second-order valence-corrected chi connectivity index (χ2v) is 7.52. The van der Waals surface area contributed by atoms with Crippen molar-refractivity contribution < 1.29 is 23.8 Å². The van der Waals surface area contributed by atoms with Crippen LogP contribution in [0.1, 0.15) is 25.3 Å². The number of carbonyl (C=O) groups excluding carboxylic acids is 2. The number of rotatable bonds is 8. The first kappa shape index (κ1) is 21.7. The van der Waals surface area contributed by atoms with Crippen molar-refractivity contribution in [2.75, 3.05) is 33.4 Å². The SMILES string of the molecule is CCOC(=O)[C@@]1(Cc2ccccc2)CCCN(C(=O)COc2ccccc2OC)C1. The largest absolute Gasteiger partial charge is 0.493 e. The summed E-state index contributed by atoms with van der Waals surface area (Å²) in [5.74, 6) is 0.708. The lowest BCUT2D eigenvalue weighted by Crippen LogP contribution is -2.52. The lowest BCUT2D eigenvalue weighted by molar-refractivity contribution is -0.161. The molecule has 2 aromatic rings. The van der Waals surface area contributed by atoms with Crippen LogP contribution >= 0.6 is 0 Å². The highest BCUT2D eigenvalue weighted by atomic mass is 16.5. The molecule has 1 amide bonds. The summed E-state index contributed by atoms with van der Waals surface area (Å²) in [7, 11) is 1.56. The van der Waals surface area contributed by atoms with Crippen molar-refractivity contribution in [1.29, 1.82) is 0 Å². The second-order valence-electron chi connectivity index (χ2n) is 7.52. The minimum Gasteiger partial charge on any atom is -0.493 e. The number of benzene rings is 2. The molecule has 6 heteroatoms. The van der Waals surface area contributed by atoms with Gasteiger partial charge in [-0.2, -0.15) is 0 Å². The lowest BCUT2D eigenvalue weighted by Gasteiger charge is -2.41. The molecule has 0 radical (unpaired) electrons. The molecular formula is C24H29NO5. The minimum atomic E-state index is -0.740. The van der Waals surface area contributed by atoms with E-state index < -0.39 is 5.41 Å². The fourth-order valence-corrected chi connectivity index (χ4v) is 3.97. The van der Waals surface area contributed by atoms with Gasteiger partial charge in [0.2, 0.25) is 0 Å². The highest BCUT2D eigenvalue weighted by molar-refractivity contribution is 5.82. The molecule has 0 spiro atoms. The summed E-state index contributed by atoms with van der Waals surface area (Å²) in [4.78, 5) is 27.6. The van der Waals surface area contributed by atoms with E-state index in [-0.39, 0.29) is 18.5 Å². The van der Waals surface area contributed by atoms with Crippen molar-refractivity contribution in [3.8, 4) is 11.5 Å². The molecule has 30 heavy (non-hydrogen) atoms. The molecule has 1 heterocycles. The summed E-state index contributed by atoms with van der Waals surface area (Å²) in [5.41, 5.74) is 0.320. The van der Waals surface area contributed by atoms with Crippen LogP contribution in [0.15, 0.2) is 54.6 Å². The number of nitrogens with zero attached hydrogens (tertiary/aromatic N) is 1. The van der Waals surface area contributed by atoms with E-state index in [2.05, 4.69) is 0 Å². The lowest BCUT2D eigenvalue weighted by atomic mass is 9.75. The van der Waals surface area contributed by atoms with Gasteiger partial charge >= 0.3 is 5.97 Å². The van der Waals surface area contributed by atoms with Gasteiger partial charge in [0.1, 0.15) is 0 Å². The highest BCUT2D eigenvalue weighted by Crippen LogP contribution is 2.35. The average Bonchev–Trinajstić information content (AvgIpc) is 2.78. The maximum Gasteiger partial charge on any atom is 0.314 e. The van der Waals surface area contributed by atoms with Crippen molar-refractivity contribution in [3.05, 3.63) is 60.2 Å². The first-order valence-corrected chi connectivity index (χ1v) is 10.3. The number of carbonyl (C=O) groups is 2. The molecule has 3 rings (SSSR count). The van der Waals surface area contributed by atoms with Crippen molar-refractivity contribution >= 4 is 11.9 Å². The average molecular weight is 411 g/mol. The quantitative estimate of drug-likeness (QED) is 0.622. The fraction of sp³-hybridized carbons (Fsp3) is 0.417. The van der Waals surface area contributed by atoms with Crippen molar-refractivity contribution in [2.45, 2.75) is 26.2 Å². The molecule has 1 aliphatic heterocycles. The zero-order chi connectivity index (χ0) is 21.4. The van der Waals surface area contributed by atoms with E-state index in [1.807, 2.05) is 42.5 Å². The van der Waals surface area contributed by atoms with Crippen LogP contribution in [0.2, 0.25) is 0 Å². The van der Waals surface area contributed by atoms with E-state index in [1.54, 1.807) is 31.1 Å². The normalized spacial score (nSPS) is 18.5. The Balaban J connectivity index is 1.72. The molecule has 0 N–H and O–H groups in total. The number of amides is 1. The summed E-state index contributed by atoms with van der Waals surface area (Å²) >= 11 is 0. The van der Waals surface area contributed by atoms with Crippen LogP contribution in [0, 0.1) is 5.41 Å². The third-order valence-corrected chi connectivity index (χ3v) is 5.44. The standard InChI is InChI=1S/C24H29NO5/c1-3-29-23(27)24(16-19-10-5-4-6-11-19)14-9-15-25(18-24)22(26)17-30-21-13-8-7-12-20(21)28-2/h4-8,10-13H,3,9,14-18H2,1-2H3/t24-/m1/s1. The number of methoxy groups -OCH3 is 1. The first-order chi connectivity index (χ1) is 14.6. The van der Waals surface area contributed by atoms with E-state index in [0.29, 0.717) is 44.0 Å². The van der Waals surface area contributed by atoms with Gasteiger partial charge in [-0.25, -0.2) is 0 Å².